The molecule has 6 rings (SSSR count). The van der Waals surface area contributed by atoms with Gasteiger partial charge in [-0.05, 0) is 57.5 Å². The summed E-state index contributed by atoms with van der Waals surface area (Å²) in [7, 11) is 0. The van der Waals surface area contributed by atoms with Crippen LogP contribution in [0.5, 0.6) is 5.75 Å². The van der Waals surface area contributed by atoms with Crippen LogP contribution in [0, 0.1) is 42.2 Å². The highest BCUT2D eigenvalue weighted by Crippen LogP contribution is 2.48. The molecule has 0 spiro atoms. The average Bonchev–Trinajstić information content (AvgIpc) is 3.09. The van der Waals surface area contributed by atoms with Gasteiger partial charge in [-0.1, -0.05) is 6.42 Å². The molecular weight excluding hydrogens is 426 g/mol. The second kappa shape index (κ2) is 7.90. The van der Waals surface area contributed by atoms with Crippen LogP contribution >= 0.6 is 0 Å². The summed E-state index contributed by atoms with van der Waals surface area (Å²) in [5.41, 5.74) is 0.729. The summed E-state index contributed by atoms with van der Waals surface area (Å²) in [5, 5.41) is 11.1. The van der Waals surface area contributed by atoms with Crippen molar-refractivity contribution >= 4 is 11.6 Å². The molecule has 0 amide bonds. The number of aromatic nitrogens is 4. The van der Waals surface area contributed by atoms with E-state index >= 15 is 8.78 Å². The molecule has 7 nitrogen and oxygen atoms in total. The van der Waals surface area contributed by atoms with Crippen molar-refractivity contribution in [1.82, 2.24) is 24.9 Å². The lowest BCUT2D eigenvalue weighted by Gasteiger charge is -2.33. The van der Waals surface area contributed by atoms with Crippen LogP contribution in [0.1, 0.15) is 31.9 Å². The van der Waals surface area contributed by atoms with Gasteiger partial charge in [0.05, 0.1) is 23.4 Å². The second-order valence-electron chi connectivity index (χ2n) is 9.74. The highest BCUT2D eigenvalue weighted by Gasteiger charge is 2.53. The molecule has 4 atom stereocenters. The maximum atomic E-state index is 15.4. The largest absolute Gasteiger partial charge is 0.493 e. The molecule has 1 aliphatic heterocycles. The first-order valence-corrected chi connectivity index (χ1v) is 11.8. The van der Waals surface area contributed by atoms with Crippen molar-refractivity contribution in [3.8, 4) is 16.9 Å². The zero-order chi connectivity index (χ0) is 22.7. The Morgan fingerprint density at radius 3 is 2.58 bits per heavy atom. The van der Waals surface area contributed by atoms with E-state index in [1.807, 2.05) is 0 Å². The Bertz CT molecular complexity index is 1180. The number of nitrogens with zero attached hydrogens (tertiary/aromatic N) is 4. The van der Waals surface area contributed by atoms with Crippen LogP contribution in [-0.2, 0) is 0 Å². The Morgan fingerprint density at radius 1 is 1.18 bits per heavy atom. The molecule has 174 valence electrons. The first kappa shape index (κ1) is 20.8. The maximum absolute atomic E-state index is 15.4. The number of anilines is 1. The number of ether oxygens (including phenoxy) is 1. The normalized spacial score (nSPS) is 25.0. The number of rotatable bonds is 7. The topological polar surface area (TPSA) is 76.4 Å². The highest BCUT2D eigenvalue weighted by molar-refractivity contribution is 5.80. The van der Waals surface area contributed by atoms with Gasteiger partial charge in [0.25, 0.3) is 5.78 Å². The van der Waals surface area contributed by atoms with E-state index < -0.39 is 11.6 Å². The van der Waals surface area contributed by atoms with Crippen LogP contribution in [0.2, 0.25) is 0 Å². The molecule has 3 fully saturated rings. The summed E-state index contributed by atoms with van der Waals surface area (Å²) < 4.78 is 38.1. The molecule has 1 aromatic carbocycles. The van der Waals surface area contributed by atoms with E-state index in [1.165, 1.54) is 29.4 Å². The predicted octanol–water partition coefficient (Wildman–Crippen LogP) is 3.82. The average molecular weight is 455 g/mol. The van der Waals surface area contributed by atoms with Crippen LogP contribution < -0.4 is 15.4 Å². The fourth-order valence-electron chi connectivity index (χ4n) is 5.52. The Kier molecular flexibility index (Phi) is 4.97. The summed E-state index contributed by atoms with van der Waals surface area (Å²) in [6.45, 7) is 6.34. The van der Waals surface area contributed by atoms with Crippen molar-refractivity contribution in [2.24, 2.45) is 23.7 Å². The van der Waals surface area contributed by atoms with Gasteiger partial charge in [0, 0.05) is 24.1 Å². The Hall–Kier alpha value is -2.81. The van der Waals surface area contributed by atoms with Crippen LogP contribution in [0.25, 0.3) is 16.9 Å². The molecule has 2 N–H and O–H groups in total. The maximum Gasteiger partial charge on any atom is 0.254 e. The van der Waals surface area contributed by atoms with Crippen molar-refractivity contribution in [1.29, 1.82) is 0 Å². The van der Waals surface area contributed by atoms with Crippen LogP contribution in [0.3, 0.4) is 0 Å². The third-order valence-electron chi connectivity index (χ3n) is 7.81. The van der Waals surface area contributed by atoms with E-state index in [9.17, 15) is 0 Å². The fraction of sp³-hybridized carbons (Fsp3) is 0.542. The van der Waals surface area contributed by atoms with Gasteiger partial charge in [0.2, 0.25) is 0 Å². The zero-order valence-corrected chi connectivity index (χ0v) is 18.8. The summed E-state index contributed by atoms with van der Waals surface area (Å²) in [6, 6.07) is 2.69. The lowest BCUT2D eigenvalue weighted by Crippen LogP contribution is -2.32. The Balaban J connectivity index is 1.34. The standard InChI is InChI=1S/C24H28F2N6O/c1-12(14-4-3-5-14)30-23-21(13(2)31-24-28-11-29-32(23)24)22-19(25)6-15(7-20(22)26)33-10-18-16-8-27-9-17(16)18/h6-7,11-12,14,16-18,27,30H,3-5,8-10H2,1-2H3/t12-,16-,17+,18?/m1/s1. The smallest absolute Gasteiger partial charge is 0.254 e. The lowest BCUT2D eigenvalue weighted by atomic mass is 9.80. The number of fused-ring (bicyclic) bond motifs is 2. The number of nitrogens with one attached hydrogen (secondary N) is 2. The number of benzene rings is 1. The van der Waals surface area contributed by atoms with Gasteiger partial charge in [-0.2, -0.15) is 14.6 Å². The molecule has 3 aromatic rings. The van der Waals surface area contributed by atoms with E-state index in [0.717, 1.165) is 25.9 Å². The third kappa shape index (κ3) is 3.53. The molecule has 2 aliphatic carbocycles. The molecule has 1 unspecified atom stereocenters. The van der Waals surface area contributed by atoms with Crippen LogP contribution in [-0.4, -0.2) is 45.3 Å². The predicted molar refractivity (Wildman–Crippen MR) is 120 cm³/mol. The minimum atomic E-state index is -0.675. The quantitative estimate of drug-likeness (QED) is 0.565. The van der Waals surface area contributed by atoms with Gasteiger partial charge in [-0.3, -0.25) is 0 Å². The number of hydrogen-bond acceptors (Lipinski definition) is 6. The molecule has 1 saturated heterocycles. The van der Waals surface area contributed by atoms with Gasteiger partial charge in [0.1, 0.15) is 29.5 Å². The highest BCUT2D eigenvalue weighted by atomic mass is 19.1. The first-order valence-electron chi connectivity index (χ1n) is 11.8. The van der Waals surface area contributed by atoms with Crippen molar-refractivity contribution in [3.05, 3.63) is 35.8 Å². The minimum Gasteiger partial charge on any atom is -0.493 e. The molecule has 9 heteroatoms. The summed E-state index contributed by atoms with van der Waals surface area (Å²) in [4.78, 5) is 8.62. The Labute approximate surface area is 191 Å². The third-order valence-corrected chi connectivity index (χ3v) is 7.81. The van der Waals surface area contributed by atoms with Crippen LogP contribution in [0.4, 0.5) is 14.6 Å². The number of aryl methyl sites for hydroxylation is 1. The Morgan fingerprint density at radius 2 is 1.91 bits per heavy atom. The minimum absolute atomic E-state index is 0.124. The SMILES string of the molecule is Cc1nc2ncnn2c(N[C@H](C)C2CCC2)c1-c1c(F)cc(OCC2[C@H]3CNC[C@@H]23)cc1F. The van der Waals surface area contributed by atoms with Gasteiger partial charge in [-0.25, -0.2) is 13.8 Å². The van der Waals surface area contributed by atoms with E-state index in [-0.39, 0.29) is 17.4 Å². The van der Waals surface area contributed by atoms with E-state index in [2.05, 4.69) is 32.6 Å². The lowest BCUT2D eigenvalue weighted by molar-refractivity contribution is 0.278. The summed E-state index contributed by atoms with van der Waals surface area (Å²) in [5.74, 6) is 2.04. The van der Waals surface area contributed by atoms with E-state index in [1.54, 1.807) is 6.92 Å². The van der Waals surface area contributed by atoms with Gasteiger partial charge < -0.3 is 15.4 Å². The van der Waals surface area contributed by atoms with Crippen molar-refractivity contribution in [3.63, 3.8) is 0 Å². The molecule has 2 aromatic heterocycles. The molecular formula is C24H28F2N6O. The monoisotopic (exact) mass is 454 g/mol. The fourth-order valence-corrected chi connectivity index (χ4v) is 5.52. The molecule has 33 heavy (non-hydrogen) atoms. The van der Waals surface area contributed by atoms with Crippen molar-refractivity contribution in [2.45, 2.75) is 39.2 Å². The number of hydrogen-bond donors (Lipinski definition) is 2. The summed E-state index contributed by atoms with van der Waals surface area (Å²) >= 11 is 0. The molecule has 3 aliphatic rings. The number of piperidine rings is 1. The molecule has 0 bridgehead atoms. The molecule has 2 saturated carbocycles. The molecule has 3 heterocycles. The van der Waals surface area contributed by atoms with Gasteiger partial charge in [0.15, 0.2) is 0 Å². The van der Waals surface area contributed by atoms with Crippen molar-refractivity contribution in [2.75, 3.05) is 25.0 Å². The van der Waals surface area contributed by atoms with Crippen LogP contribution in [0.15, 0.2) is 18.5 Å². The van der Waals surface area contributed by atoms with E-state index in [0.29, 0.717) is 53.1 Å². The zero-order valence-electron chi connectivity index (χ0n) is 18.8. The molecule has 0 radical (unpaired) electrons. The first-order chi connectivity index (χ1) is 16.0. The van der Waals surface area contributed by atoms with Gasteiger partial charge in [-0.15, -0.1) is 0 Å². The van der Waals surface area contributed by atoms with E-state index in [4.69, 9.17) is 4.74 Å². The number of halogens is 2. The second-order valence-corrected chi connectivity index (χ2v) is 9.74. The van der Waals surface area contributed by atoms with Crippen molar-refractivity contribution < 1.29 is 13.5 Å². The summed E-state index contributed by atoms with van der Waals surface area (Å²) in [6.07, 6.45) is 4.89. The van der Waals surface area contributed by atoms with Gasteiger partial charge >= 0.3 is 0 Å².